The van der Waals surface area contributed by atoms with Gasteiger partial charge in [-0.25, -0.2) is 9.37 Å². The highest BCUT2D eigenvalue weighted by molar-refractivity contribution is 5.25. The number of hydrogen-bond acceptors (Lipinski definition) is 2. The summed E-state index contributed by atoms with van der Waals surface area (Å²) in [6, 6.07) is 6.47. The lowest BCUT2D eigenvalue weighted by molar-refractivity contribution is 0.458. The Bertz CT molecular complexity index is 546. The number of hydrogen-bond donors (Lipinski definition) is 1. The summed E-state index contributed by atoms with van der Waals surface area (Å²) in [5.41, 5.74) is 6.51. The predicted molar refractivity (Wildman–Crippen MR) is 74.2 cm³/mol. The average Bonchev–Trinajstić information content (AvgIpc) is 2.76. The Balaban J connectivity index is 2.23. The molecule has 0 aliphatic rings. The Hall–Kier alpha value is -1.68. The minimum Gasteiger partial charge on any atom is -0.335 e. The Morgan fingerprint density at radius 2 is 2.21 bits per heavy atom. The first-order chi connectivity index (χ1) is 9.03. The molecule has 2 N–H and O–H groups in total. The van der Waals surface area contributed by atoms with Crippen LogP contribution in [-0.2, 0) is 18.5 Å². The van der Waals surface area contributed by atoms with Crippen molar-refractivity contribution in [3.63, 3.8) is 0 Å². The monoisotopic (exact) mass is 261 g/mol. The number of nitrogens with zero attached hydrogens (tertiary/aromatic N) is 2. The van der Waals surface area contributed by atoms with Crippen LogP contribution in [0.25, 0.3) is 0 Å². The van der Waals surface area contributed by atoms with Crippen molar-refractivity contribution in [1.82, 2.24) is 9.55 Å². The van der Waals surface area contributed by atoms with Crippen molar-refractivity contribution in [1.29, 1.82) is 0 Å². The zero-order chi connectivity index (χ0) is 13.9. The molecule has 1 atom stereocenters. The van der Waals surface area contributed by atoms with Gasteiger partial charge in [-0.3, -0.25) is 0 Å². The summed E-state index contributed by atoms with van der Waals surface area (Å²) in [7, 11) is 0. The molecular formula is C15H20FN3. The minimum atomic E-state index is -0.626. The summed E-state index contributed by atoms with van der Waals surface area (Å²) in [5, 5.41) is 0. The van der Waals surface area contributed by atoms with Crippen molar-refractivity contribution in [3.8, 4) is 0 Å². The van der Waals surface area contributed by atoms with E-state index in [1.807, 2.05) is 19.2 Å². The zero-order valence-corrected chi connectivity index (χ0v) is 11.4. The number of imidazole rings is 1. The van der Waals surface area contributed by atoms with Crippen LogP contribution < -0.4 is 5.73 Å². The number of halogens is 1. The van der Waals surface area contributed by atoms with Gasteiger partial charge < -0.3 is 10.3 Å². The van der Waals surface area contributed by atoms with Gasteiger partial charge in [0.05, 0.1) is 0 Å². The summed E-state index contributed by atoms with van der Waals surface area (Å²) in [4.78, 5) is 4.36. The number of benzene rings is 1. The molecule has 0 aliphatic carbocycles. The van der Waals surface area contributed by atoms with Crippen molar-refractivity contribution in [2.75, 3.05) is 0 Å². The van der Waals surface area contributed by atoms with Gasteiger partial charge in [0.15, 0.2) is 0 Å². The van der Waals surface area contributed by atoms with Crippen LogP contribution >= 0.6 is 0 Å². The van der Waals surface area contributed by atoms with E-state index in [4.69, 9.17) is 5.73 Å². The fraction of sp³-hybridized carbons (Fsp3) is 0.400. The zero-order valence-electron chi connectivity index (χ0n) is 11.4. The first-order valence-corrected chi connectivity index (χ1v) is 6.58. The van der Waals surface area contributed by atoms with Crippen molar-refractivity contribution < 1.29 is 4.39 Å². The quantitative estimate of drug-likeness (QED) is 0.899. The molecule has 0 saturated heterocycles. The third-order valence-electron chi connectivity index (χ3n) is 3.28. The smallest absolute Gasteiger partial charge is 0.123 e. The number of aryl methyl sites for hydroxylation is 1. The van der Waals surface area contributed by atoms with E-state index >= 15 is 0 Å². The summed E-state index contributed by atoms with van der Waals surface area (Å²) >= 11 is 0. The normalized spacial score (nSPS) is 14.3. The summed E-state index contributed by atoms with van der Waals surface area (Å²) in [6.07, 6.45) is 5.38. The van der Waals surface area contributed by atoms with E-state index in [2.05, 4.69) is 16.5 Å². The number of aromatic nitrogens is 2. The van der Waals surface area contributed by atoms with Gasteiger partial charge in [-0.1, -0.05) is 19.1 Å². The lowest BCUT2D eigenvalue weighted by Gasteiger charge is -2.25. The molecule has 1 aromatic heterocycles. The fourth-order valence-electron chi connectivity index (χ4n) is 2.23. The van der Waals surface area contributed by atoms with Crippen LogP contribution in [0.5, 0.6) is 0 Å². The molecule has 2 rings (SSSR count). The van der Waals surface area contributed by atoms with Crippen molar-refractivity contribution in [2.45, 2.75) is 38.8 Å². The minimum absolute atomic E-state index is 0.258. The van der Waals surface area contributed by atoms with Crippen LogP contribution in [0.3, 0.4) is 0 Å². The molecule has 4 heteroatoms. The van der Waals surface area contributed by atoms with Crippen LogP contribution in [0.1, 0.15) is 31.7 Å². The van der Waals surface area contributed by atoms with Crippen LogP contribution in [0.15, 0.2) is 36.7 Å². The molecule has 0 spiro atoms. The average molecular weight is 261 g/mol. The van der Waals surface area contributed by atoms with Gasteiger partial charge >= 0.3 is 0 Å². The van der Waals surface area contributed by atoms with Crippen molar-refractivity contribution in [3.05, 3.63) is 53.9 Å². The van der Waals surface area contributed by atoms with Gasteiger partial charge in [-0.05, 0) is 31.0 Å². The maximum absolute atomic E-state index is 13.3. The molecular weight excluding hydrogens is 241 g/mol. The van der Waals surface area contributed by atoms with Crippen LogP contribution in [-0.4, -0.2) is 9.55 Å². The second-order valence-corrected chi connectivity index (χ2v) is 5.14. The van der Waals surface area contributed by atoms with Gasteiger partial charge in [-0.2, -0.15) is 0 Å². The van der Waals surface area contributed by atoms with E-state index in [1.54, 1.807) is 12.3 Å². The molecule has 0 fully saturated rings. The predicted octanol–water partition coefficient (Wildman–Crippen LogP) is 2.85. The maximum Gasteiger partial charge on any atom is 0.123 e. The molecule has 1 unspecified atom stereocenters. The Morgan fingerprint density at radius 1 is 1.42 bits per heavy atom. The van der Waals surface area contributed by atoms with Gasteiger partial charge in [0.1, 0.15) is 11.6 Å². The van der Waals surface area contributed by atoms with Crippen LogP contribution in [0, 0.1) is 5.82 Å². The largest absolute Gasteiger partial charge is 0.335 e. The molecule has 102 valence electrons. The molecule has 0 bridgehead atoms. The third kappa shape index (κ3) is 3.20. The summed E-state index contributed by atoms with van der Waals surface area (Å²) in [6.45, 7) is 4.96. The van der Waals surface area contributed by atoms with Gasteiger partial charge in [0.2, 0.25) is 0 Å². The summed E-state index contributed by atoms with van der Waals surface area (Å²) < 4.78 is 15.4. The fourth-order valence-corrected chi connectivity index (χ4v) is 2.23. The molecule has 3 nitrogen and oxygen atoms in total. The SMILES string of the molecule is CCCn1ccnc1CC(C)(N)c1cccc(F)c1. The second-order valence-electron chi connectivity index (χ2n) is 5.14. The van der Waals surface area contributed by atoms with Crippen molar-refractivity contribution >= 4 is 0 Å². The Morgan fingerprint density at radius 3 is 2.89 bits per heavy atom. The van der Waals surface area contributed by atoms with E-state index in [-0.39, 0.29) is 5.82 Å². The first-order valence-electron chi connectivity index (χ1n) is 6.58. The third-order valence-corrected chi connectivity index (χ3v) is 3.28. The van der Waals surface area contributed by atoms with Gasteiger partial charge in [0, 0.05) is 30.9 Å². The van der Waals surface area contributed by atoms with E-state index in [1.165, 1.54) is 12.1 Å². The van der Waals surface area contributed by atoms with E-state index in [0.717, 1.165) is 24.4 Å². The molecule has 2 aromatic rings. The Labute approximate surface area is 113 Å². The standard InChI is InChI=1S/C15H20FN3/c1-3-8-19-9-7-18-14(19)11-15(2,17)12-5-4-6-13(16)10-12/h4-7,9-10H,3,8,11,17H2,1-2H3. The molecule has 0 radical (unpaired) electrons. The first kappa shape index (κ1) is 13.7. The maximum atomic E-state index is 13.3. The Kier molecular flexibility index (Phi) is 4.00. The molecule has 0 aliphatic heterocycles. The molecule has 19 heavy (non-hydrogen) atoms. The highest BCUT2D eigenvalue weighted by Crippen LogP contribution is 2.22. The molecule has 0 saturated carbocycles. The molecule has 1 heterocycles. The van der Waals surface area contributed by atoms with Crippen LogP contribution in [0.4, 0.5) is 4.39 Å². The molecule has 1 aromatic carbocycles. The number of rotatable bonds is 5. The summed E-state index contributed by atoms with van der Waals surface area (Å²) in [5.74, 6) is 0.683. The highest BCUT2D eigenvalue weighted by atomic mass is 19.1. The highest BCUT2D eigenvalue weighted by Gasteiger charge is 2.24. The topological polar surface area (TPSA) is 43.8 Å². The second kappa shape index (κ2) is 5.53. The number of nitrogens with two attached hydrogens (primary N) is 1. The molecule has 0 amide bonds. The van der Waals surface area contributed by atoms with E-state index in [9.17, 15) is 4.39 Å². The van der Waals surface area contributed by atoms with E-state index in [0.29, 0.717) is 6.42 Å². The van der Waals surface area contributed by atoms with Crippen molar-refractivity contribution in [2.24, 2.45) is 5.73 Å². The van der Waals surface area contributed by atoms with E-state index < -0.39 is 5.54 Å². The van der Waals surface area contributed by atoms with Gasteiger partial charge in [0.25, 0.3) is 0 Å². The lowest BCUT2D eigenvalue weighted by Crippen LogP contribution is -2.36. The lowest BCUT2D eigenvalue weighted by atomic mass is 9.89. The van der Waals surface area contributed by atoms with Gasteiger partial charge in [-0.15, -0.1) is 0 Å². The van der Waals surface area contributed by atoms with Crippen LogP contribution in [0.2, 0.25) is 0 Å².